The van der Waals surface area contributed by atoms with E-state index in [2.05, 4.69) is 20.7 Å². The van der Waals surface area contributed by atoms with Gasteiger partial charge in [0.2, 0.25) is 5.82 Å². The van der Waals surface area contributed by atoms with E-state index < -0.39 is 11.7 Å². The highest BCUT2D eigenvalue weighted by atomic mass is 19.4. The van der Waals surface area contributed by atoms with E-state index in [0.29, 0.717) is 19.5 Å². The molecule has 1 aliphatic rings. The molecule has 8 heteroatoms. The molecule has 0 saturated carbocycles. The summed E-state index contributed by atoms with van der Waals surface area (Å²) in [6.07, 6.45) is -4.08. The monoisotopic (exact) mass is 325 g/mol. The molecule has 1 atom stereocenters. The highest BCUT2D eigenvalue weighted by molar-refractivity contribution is 5.33. The first-order valence-electron chi connectivity index (χ1n) is 7.49. The standard InChI is InChI=1S/C15H18F3N5/c1-10-5-3-6-11(2)12(10)9-23-21-13(20-22-23)14(15(16,17)18)7-4-8-19-14/h3,5-6,19H,4,7-9H2,1-2H3. The quantitative estimate of drug-likeness (QED) is 0.942. The van der Waals surface area contributed by atoms with Gasteiger partial charge >= 0.3 is 6.18 Å². The molecule has 1 aliphatic heterocycles. The van der Waals surface area contributed by atoms with E-state index in [1.54, 1.807) is 0 Å². The van der Waals surface area contributed by atoms with E-state index in [0.717, 1.165) is 16.7 Å². The van der Waals surface area contributed by atoms with Crippen molar-refractivity contribution < 1.29 is 13.2 Å². The molecule has 2 heterocycles. The maximum atomic E-state index is 13.5. The van der Waals surface area contributed by atoms with Crippen molar-refractivity contribution in [1.82, 2.24) is 25.5 Å². The van der Waals surface area contributed by atoms with Crippen molar-refractivity contribution in [3.8, 4) is 0 Å². The highest BCUT2D eigenvalue weighted by Gasteiger charge is 2.60. The summed E-state index contributed by atoms with van der Waals surface area (Å²) >= 11 is 0. The van der Waals surface area contributed by atoms with E-state index >= 15 is 0 Å². The first-order chi connectivity index (χ1) is 10.8. The third-order valence-corrected chi connectivity index (χ3v) is 4.42. The molecule has 1 saturated heterocycles. The predicted molar refractivity (Wildman–Crippen MR) is 77.8 cm³/mol. The van der Waals surface area contributed by atoms with Gasteiger partial charge in [0, 0.05) is 0 Å². The summed E-state index contributed by atoms with van der Waals surface area (Å²) in [5, 5.41) is 14.1. The molecule has 1 fully saturated rings. The van der Waals surface area contributed by atoms with Crippen molar-refractivity contribution in [3.63, 3.8) is 0 Å². The van der Waals surface area contributed by atoms with Crippen LogP contribution in [0.4, 0.5) is 13.2 Å². The lowest BCUT2D eigenvalue weighted by Crippen LogP contribution is -2.50. The molecule has 5 nitrogen and oxygen atoms in total. The van der Waals surface area contributed by atoms with Crippen LogP contribution in [0.15, 0.2) is 18.2 Å². The van der Waals surface area contributed by atoms with Gasteiger partial charge in [0.25, 0.3) is 0 Å². The number of aryl methyl sites for hydroxylation is 2. The number of aromatic nitrogens is 4. The van der Waals surface area contributed by atoms with Crippen molar-refractivity contribution in [2.45, 2.75) is 44.9 Å². The maximum Gasteiger partial charge on any atom is 0.414 e. The molecule has 2 aromatic rings. The fourth-order valence-electron chi connectivity index (χ4n) is 3.02. The summed E-state index contributed by atoms with van der Waals surface area (Å²) < 4.78 is 40.5. The molecule has 0 bridgehead atoms. The van der Waals surface area contributed by atoms with Crippen molar-refractivity contribution in [2.75, 3.05) is 6.54 Å². The second kappa shape index (κ2) is 5.59. The van der Waals surface area contributed by atoms with Crippen LogP contribution in [0.2, 0.25) is 0 Å². The van der Waals surface area contributed by atoms with Crippen LogP contribution in [-0.2, 0) is 12.1 Å². The highest BCUT2D eigenvalue weighted by Crippen LogP contribution is 2.43. The largest absolute Gasteiger partial charge is 0.414 e. The van der Waals surface area contributed by atoms with E-state index in [1.807, 2.05) is 32.0 Å². The number of rotatable bonds is 3. The van der Waals surface area contributed by atoms with Gasteiger partial charge < -0.3 is 0 Å². The Morgan fingerprint density at radius 2 is 1.96 bits per heavy atom. The molecule has 1 unspecified atom stereocenters. The molecular formula is C15H18F3N5. The summed E-state index contributed by atoms with van der Waals surface area (Å²) in [5.74, 6) is -0.297. The first-order valence-corrected chi connectivity index (χ1v) is 7.49. The maximum absolute atomic E-state index is 13.5. The van der Waals surface area contributed by atoms with Gasteiger partial charge in [-0.25, -0.2) is 0 Å². The van der Waals surface area contributed by atoms with Gasteiger partial charge in [-0.15, -0.1) is 10.2 Å². The number of benzene rings is 1. The Balaban J connectivity index is 1.91. The van der Waals surface area contributed by atoms with E-state index in [4.69, 9.17) is 0 Å². The number of alkyl halides is 3. The topological polar surface area (TPSA) is 55.6 Å². The zero-order chi connectivity index (χ0) is 16.7. The summed E-state index contributed by atoms with van der Waals surface area (Å²) in [6, 6.07) is 5.85. The van der Waals surface area contributed by atoms with Crippen molar-refractivity contribution in [1.29, 1.82) is 0 Å². The molecule has 0 spiro atoms. The Morgan fingerprint density at radius 1 is 1.26 bits per heavy atom. The summed E-state index contributed by atoms with van der Waals surface area (Å²) in [5.41, 5.74) is 0.921. The van der Waals surface area contributed by atoms with Crippen LogP contribution in [0.3, 0.4) is 0 Å². The molecule has 0 radical (unpaired) electrons. The van der Waals surface area contributed by atoms with Gasteiger partial charge in [0.1, 0.15) is 0 Å². The minimum atomic E-state index is -4.45. The van der Waals surface area contributed by atoms with Crippen LogP contribution in [-0.4, -0.2) is 32.9 Å². The lowest BCUT2D eigenvalue weighted by atomic mass is 9.96. The minimum absolute atomic E-state index is 0.0639. The first kappa shape index (κ1) is 15.9. The molecule has 0 aliphatic carbocycles. The zero-order valence-corrected chi connectivity index (χ0v) is 13.0. The number of tetrazole rings is 1. The van der Waals surface area contributed by atoms with Gasteiger partial charge in [-0.2, -0.15) is 18.0 Å². The minimum Gasteiger partial charge on any atom is -0.297 e. The number of nitrogens with zero attached hydrogens (tertiary/aromatic N) is 4. The zero-order valence-electron chi connectivity index (χ0n) is 13.0. The van der Waals surface area contributed by atoms with E-state index in [-0.39, 0.29) is 12.2 Å². The van der Waals surface area contributed by atoms with Crippen LogP contribution in [0.1, 0.15) is 35.4 Å². The van der Waals surface area contributed by atoms with Crippen LogP contribution in [0, 0.1) is 13.8 Å². The number of nitrogens with one attached hydrogen (secondary N) is 1. The van der Waals surface area contributed by atoms with Gasteiger partial charge in [-0.1, -0.05) is 18.2 Å². The molecule has 0 amide bonds. The molecular weight excluding hydrogens is 307 g/mol. The van der Waals surface area contributed by atoms with Crippen LogP contribution >= 0.6 is 0 Å². The summed E-state index contributed by atoms with van der Waals surface area (Å²) in [6.45, 7) is 4.51. The van der Waals surface area contributed by atoms with E-state index in [1.165, 1.54) is 4.80 Å². The van der Waals surface area contributed by atoms with Crippen molar-refractivity contribution in [2.24, 2.45) is 0 Å². The smallest absolute Gasteiger partial charge is 0.297 e. The third kappa shape index (κ3) is 2.71. The molecule has 124 valence electrons. The second-order valence-electron chi connectivity index (χ2n) is 5.95. The Labute approximate surface area is 131 Å². The van der Waals surface area contributed by atoms with Gasteiger partial charge in [0.15, 0.2) is 5.54 Å². The molecule has 23 heavy (non-hydrogen) atoms. The van der Waals surface area contributed by atoms with Crippen molar-refractivity contribution in [3.05, 3.63) is 40.7 Å². The Hall–Kier alpha value is -1.96. The molecule has 3 rings (SSSR count). The molecule has 1 N–H and O–H groups in total. The number of hydrogen-bond donors (Lipinski definition) is 1. The number of halogens is 3. The van der Waals surface area contributed by atoms with Gasteiger partial charge in [-0.05, 0) is 55.1 Å². The van der Waals surface area contributed by atoms with Gasteiger partial charge in [-0.3, -0.25) is 5.32 Å². The van der Waals surface area contributed by atoms with Crippen molar-refractivity contribution >= 4 is 0 Å². The van der Waals surface area contributed by atoms with Crippen LogP contribution in [0.5, 0.6) is 0 Å². The molecule has 1 aromatic carbocycles. The Kier molecular flexibility index (Phi) is 3.87. The fourth-order valence-corrected chi connectivity index (χ4v) is 3.02. The van der Waals surface area contributed by atoms with Crippen LogP contribution < -0.4 is 5.32 Å². The average molecular weight is 325 g/mol. The fraction of sp³-hybridized carbons (Fsp3) is 0.533. The normalized spacial score (nSPS) is 21.8. The Morgan fingerprint density at radius 3 is 2.52 bits per heavy atom. The second-order valence-corrected chi connectivity index (χ2v) is 5.95. The van der Waals surface area contributed by atoms with E-state index in [9.17, 15) is 13.2 Å². The number of hydrogen-bond acceptors (Lipinski definition) is 4. The molecule has 1 aromatic heterocycles. The van der Waals surface area contributed by atoms with Gasteiger partial charge in [0.05, 0.1) is 6.54 Å². The third-order valence-electron chi connectivity index (χ3n) is 4.42. The predicted octanol–water partition coefficient (Wildman–Crippen LogP) is 2.48. The lowest BCUT2D eigenvalue weighted by molar-refractivity contribution is -0.198. The average Bonchev–Trinajstić information content (AvgIpc) is 3.12. The summed E-state index contributed by atoms with van der Waals surface area (Å²) in [4.78, 5) is 1.23. The Bertz CT molecular complexity index is 681. The lowest BCUT2D eigenvalue weighted by Gasteiger charge is -2.28. The summed E-state index contributed by atoms with van der Waals surface area (Å²) in [7, 11) is 0. The SMILES string of the molecule is Cc1cccc(C)c1Cn1nnc(C2(C(F)(F)F)CCCN2)n1. The van der Waals surface area contributed by atoms with Crippen LogP contribution in [0.25, 0.3) is 0 Å².